The summed E-state index contributed by atoms with van der Waals surface area (Å²) < 4.78 is 35.2. The Labute approximate surface area is 269 Å². The lowest BCUT2D eigenvalue weighted by molar-refractivity contribution is 0.231. The van der Waals surface area contributed by atoms with Crippen LogP contribution in [0.15, 0.2) is 88.7 Å². The van der Waals surface area contributed by atoms with E-state index in [0.29, 0.717) is 27.7 Å². The summed E-state index contributed by atoms with van der Waals surface area (Å²) in [7, 11) is 0. The van der Waals surface area contributed by atoms with Gasteiger partial charge >= 0.3 is 0 Å². The van der Waals surface area contributed by atoms with Crippen molar-refractivity contribution in [3.8, 4) is 11.5 Å². The van der Waals surface area contributed by atoms with E-state index < -0.39 is 22.6 Å². The van der Waals surface area contributed by atoms with Gasteiger partial charge in [-0.05, 0) is 91.6 Å². The molecule has 4 heterocycles. The number of piperazine rings is 1. The van der Waals surface area contributed by atoms with Gasteiger partial charge in [0.1, 0.15) is 23.5 Å². The number of aryl methyl sites for hydroxylation is 1. The van der Waals surface area contributed by atoms with Gasteiger partial charge in [0.2, 0.25) is 5.95 Å². The van der Waals surface area contributed by atoms with Crippen molar-refractivity contribution in [3.63, 3.8) is 0 Å². The number of rotatable bonds is 8. The molecule has 0 aliphatic carbocycles. The minimum absolute atomic E-state index is 0.0515. The highest BCUT2D eigenvalue weighted by Crippen LogP contribution is 2.29. The van der Waals surface area contributed by atoms with Crippen LogP contribution in [0.4, 0.5) is 21.7 Å². The highest BCUT2D eigenvalue weighted by Gasteiger charge is 2.30. The van der Waals surface area contributed by atoms with Gasteiger partial charge in [0.25, 0.3) is 5.56 Å². The van der Waals surface area contributed by atoms with Crippen molar-refractivity contribution in [2.45, 2.75) is 37.2 Å². The van der Waals surface area contributed by atoms with Crippen LogP contribution in [0.3, 0.4) is 0 Å². The third-order valence-corrected chi connectivity index (χ3v) is 9.89. The van der Waals surface area contributed by atoms with E-state index in [2.05, 4.69) is 32.2 Å². The molecule has 9 nitrogen and oxygen atoms in total. The molecule has 46 heavy (non-hydrogen) atoms. The molecule has 7 rings (SSSR count). The van der Waals surface area contributed by atoms with E-state index in [1.54, 1.807) is 24.4 Å². The Hall–Kier alpha value is -4.45. The van der Waals surface area contributed by atoms with Crippen molar-refractivity contribution in [1.29, 1.82) is 0 Å². The molecule has 0 bridgehead atoms. The summed E-state index contributed by atoms with van der Waals surface area (Å²) in [4.78, 5) is 28.6. The van der Waals surface area contributed by atoms with Crippen molar-refractivity contribution in [1.82, 2.24) is 19.4 Å². The standard InChI is InChI=1S/C35H35FN6O3S/c1-23-7-3-4-10-30(23)45-31-19-24-20-37-35(38-25-12-14-26(15-13-25)41-18-17-40-16-6-8-27(40)21-41)39-33(24)42(34(31)43)22-28-29(36)9-5-11-32(28)46(2)44/h3-5,7,9-15,19-20,27H,6,8,16-18,21-22H2,1-2H3,(H,37,38,39). The molecule has 5 aromatic rings. The quantitative estimate of drug-likeness (QED) is 0.212. The first-order valence-electron chi connectivity index (χ1n) is 15.4. The number of fused-ring (bicyclic) bond motifs is 2. The van der Waals surface area contributed by atoms with Gasteiger partial charge in [-0.1, -0.05) is 24.3 Å². The lowest BCUT2D eigenvalue weighted by atomic mass is 10.1. The van der Waals surface area contributed by atoms with Gasteiger partial charge in [-0.3, -0.25) is 14.3 Å². The molecule has 1 N–H and O–H groups in total. The van der Waals surface area contributed by atoms with E-state index in [0.717, 1.165) is 30.9 Å². The van der Waals surface area contributed by atoms with Gasteiger partial charge in [-0.2, -0.15) is 4.98 Å². The van der Waals surface area contributed by atoms with E-state index in [-0.39, 0.29) is 23.8 Å². The molecule has 0 saturated carbocycles. The monoisotopic (exact) mass is 638 g/mol. The van der Waals surface area contributed by atoms with Gasteiger partial charge in [0.05, 0.1) is 12.1 Å². The third kappa shape index (κ3) is 6.05. The molecular formula is C35H35FN6O3S. The van der Waals surface area contributed by atoms with Crippen LogP contribution in [0.1, 0.15) is 24.0 Å². The molecule has 2 aromatic heterocycles. The van der Waals surface area contributed by atoms with E-state index in [9.17, 15) is 9.35 Å². The van der Waals surface area contributed by atoms with Gasteiger partial charge in [-0.15, -0.1) is 0 Å². The summed E-state index contributed by atoms with van der Waals surface area (Å²) in [5, 5.41) is 3.79. The number of benzene rings is 3. The number of nitrogens with one attached hydrogen (secondary N) is 1. The second-order valence-electron chi connectivity index (χ2n) is 11.9. The molecule has 2 atom stereocenters. The van der Waals surface area contributed by atoms with E-state index in [4.69, 9.17) is 9.72 Å². The largest absolute Gasteiger partial charge is 0.612 e. The van der Waals surface area contributed by atoms with Gasteiger partial charge < -0.3 is 19.5 Å². The topological polar surface area (TPSA) is 98.6 Å². The fourth-order valence-electron chi connectivity index (χ4n) is 6.43. The molecule has 2 aliphatic heterocycles. The Morgan fingerprint density at radius 3 is 2.67 bits per heavy atom. The number of ether oxygens (including phenoxy) is 1. The van der Waals surface area contributed by atoms with Crippen molar-refractivity contribution in [3.05, 3.63) is 106 Å². The zero-order chi connectivity index (χ0) is 31.8. The molecule has 0 amide bonds. The van der Waals surface area contributed by atoms with Crippen LogP contribution in [-0.2, 0) is 17.7 Å². The fraction of sp³-hybridized carbons (Fsp3) is 0.286. The second-order valence-corrected chi connectivity index (χ2v) is 13.2. The van der Waals surface area contributed by atoms with Crippen LogP contribution in [0, 0.1) is 12.7 Å². The maximum absolute atomic E-state index is 15.2. The first kappa shape index (κ1) is 30.2. The summed E-state index contributed by atoms with van der Waals surface area (Å²) in [6.07, 6.45) is 5.64. The summed E-state index contributed by atoms with van der Waals surface area (Å²) in [6.45, 7) is 6.06. The van der Waals surface area contributed by atoms with E-state index in [1.165, 1.54) is 48.0 Å². The van der Waals surface area contributed by atoms with Crippen LogP contribution in [0.2, 0.25) is 0 Å². The number of halogens is 1. The SMILES string of the molecule is Cc1ccccc1Oc1cc2cnc(Nc3ccc(N4CCN5CCCC5C4)cc3)nc2n(Cc2c(F)cccc2[S+](C)[O-])c1=O. The minimum atomic E-state index is -1.48. The molecule has 236 valence electrons. The predicted octanol–water partition coefficient (Wildman–Crippen LogP) is 5.85. The molecule has 2 aliphatic rings. The number of pyridine rings is 1. The maximum Gasteiger partial charge on any atom is 0.295 e. The molecule has 11 heteroatoms. The second kappa shape index (κ2) is 12.7. The molecular weight excluding hydrogens is 603 g/mol. The molecule has 0 spiro atoms. The maximum atomic E-state index is 15.2. The average Bonchev–Trinajstić information content (AvgIpc) is 3.53. The Kier molecular flexibility index (Phi) is 8.37. The van der Waals surface area contributed by atoms with Crippen molar-refractivity contribution < 1.29 is 13.7 Å². The Morgan fingerprint density at radius 2 is 1.87 bits per heavy atom. The normalized spacial score (nSPS) is 17.2. The van der Waals surface area contributed by atoms with Crippen molar-refractivity contribution >= 4 is 39.5 Å². The lowest BCUT2D eigenvalue weighted by Crippen LogP contribution is -2.50. The zero-order valence-corrected chi connectivity index (χ0v) is 26.6. The summed E-state index contributed by atoms with van der Waals surface area (Å²) in [6, 6.07) is 22.2. The molecule has 2 unspecified atom stereocenters. The summed E-state index contributed by atoms with van der Waals surface area (Å²) in [5.74, 6) is 0.309. The molecule has 2 saturated heterocycles. The van der Waals surface area contributed by atoms with E-state index >= 15 is 4.39 Å². The first-order chi connectivity index (χ1) is 22.3. The van der Waals surface area contributed by atoms with Crippen molar-refractivity contribution in [2.24, 2.45) is 0 Å². The Morgan fingerprint density at radius 1 is 1.04 bits per heavy atom. The number of nitrogens with zero attached hydrogens (tertiary/aromatic N) is 5. The van der Waals surface area contributed by atoms with Crippen LogP contribution >= 0.6 is 0 Å². The number of aromatic nitrogens is 3. The summed E-state index contributed by atoms with van der Waals surface area (Å²) >= 11 is -1.48. The van der Waals surface area contributed by atoms with Gasteiger partial charge in [0, 0.05) is 48.6 Å². The first-order valence-corrected chi connectivity index (χ1v) is 17.0. The fourth-order valence-corrected chi connectivity index (χ4v) is 7.21. The summed E-state index contributed by atoms with van der Waals surface area (Å²) in [5.41, 5.74) is 2.79. The third-order valence-electron chi connectivity index (χ3n) is 8.89. The average molecular weight is 639 g/mol. The van der Waals surface area contributed by atoms with Gasteiger partial charge in [-0.25, -0.2) is 9.37 Å². The number of para-hydroxylation sites is 1. The highest BCUT2D eigenvalue weighted by atomic mass is 32.2. The Balaban J connectivity index is 1.23. The van der Waals surface area contributed by atoms with E-state index in [1.807, 2.05) is 37.3 Å². The van der Waals surface area contributed by atoms with Crippen LogP contribution in [0.5, 0.6) is 11.5 Å². The number of hydrogen-bond donors (Lipinski definition) is 1. The van der Waals surface area contributed by atoms with Crippen molar-refractivity contribution in [2.75, 3.05) is 42.7 Å². The van der Waals surface area contributed by atoms with Crippen LogP contribution in [0.25, 0.3) is 11.0 Å². The predicted molar refractivity (Wildman–Crippen MR) is 179 cm³/mol. The zero-order valence-electron chi connectivity index (χ0n) is 25.8. The lowest BCUT2D eigenvalue weighted by Gasteiger charge is -2.38. The van der Waals surface area contributed by atoms with Crippen LogP contribution < -0.4 is 20.5 Å². The van der Waals surface area contributed by atoms with Crippen LogP contribution in [-0.4, -0.2) is 62.5 Å². The number of anilines is 3. The molecule has 2 fully saturated rings. The van der Waals surface area contributed by atoms with Gasteiger partial charge in [0.15, 0.2) is 10.6 Å². The molecule has 0 radical (unpaired) electrons. The highest BCUT2D eigenvalue weighted by molar-refractivity contribution is 7.90. The molecule has 3 aromatic carbocycles. The smallest absolute Gasteiger partial charge is 0.295 e. The number of hydrogen-bond acceptors (Lipinski definition) is 8. The Bertz CT molecular complexity index is 1950. The minimum Gasteiger partial charge on any atom is -0.612 e.